The van der Waals surface area contributed by atoms with Gasteiger partial charge < -0.3 is 10.4 Å². The summed E-state index contributed by atoms with van der Waals surface area (Å²) in [5.74, 6) is -0.0658. The van der Waals surface area contributed by atoms with E-state index in [1.165, 1.54) is 0 Å². The SMILES string of the molecule is CCCCc1c(CO)nnn1CC(=O)NCCC. The summed E-state index contributed by atoms with van der Waals surface area (Å²) in [5.41, 5.74) is 1.44. The minimum Gasteiger partial charge on any atom is -0.390 e. The van der Waals surface area contributed by atoms with Gasteiger partial charge in [-0.2, -0.15) is 0 Å². The van der Waals surface area contributed by atoms with Crippen LogP contribution in [0.15, 0.2) is 0 Å². The fourth-order valence-electron chi connectivity index (χ4n) is 1.69. The summed E-state index contributed by atoms with van der Waals surface area (Å²) in [6, 6.07) is 0. The number of hydrogen-bond acceptors (Lipinski definition) is 4. The first-order valence-corrected chi connectivity index (χ1v) is 6.51. The van der Waals surface area contributed by atoms with Crippen LogP contribution in [0.25, 0.3) is 0 Å². The lowest BCUT2D eigenvalue weighted by atomic mass is 10.1. The Labute approximate surface area is 107 Å². The van der Waals surface area contributed by atoms with Gasteiger partial charge in [0.1, 0.15) is 12.2 Å². The Hall–Kier alpha value is -1.43. The van der Waals surface area contributed by atoms with Crippen LogP contribution in [0.1, 0.15) is 44.5 Å². The summed E-state index contributed by atoms with van der Waals surface area (Å²) in [4.78, 5) is 11.6. The van der Waals surface area contributed by atoms with Gasteiger partial charge in [-0.05, 0) is 19.3 Å². The molecule has 1 aromatic rings. The van der Waals surface area contributed by atoms with Crippen molar-refractivity contribution in [2.75, 3.05) is 6.54 Å². The van der Waals surface area contributed by atoms with Gasteiger partial charge in [-0.3, -0.25) is 4.79 Å². The van der Waals surface area contributed by atoms with E-state index in [0.717, 1.165) is 31.4 Å². The van der Waals surface area contributed by atoms with Crippen LogP contribution in [0, 0.1) is 0 Å². The lowest BCUT2D eigenvalue weighted by Crippen LogP contribution is -2.29. The summed E-state index contributed by atoms with van der Waals surface area (Å²) >= 11 is 0. The Bertz CT molecular complexity index is 376. The maximum atomic E-state index is 11.6. The minimum atomic E-state index is -0.129. The molecule has 0 radical (unpaired) electrons. The third-order valence-electron chi connectivity index (χ3n) is 2.70. The smallest absolute Gasteiger partial charge is 0.241 e. The molecule has 102 valence electrons. The summed E-state index contributed by atoms with van der Waals surface area (Å²) in [6.45, 7) is 4.82. The first-order chi connectivity index (χ1) is 8.72. The van der Waals surface area contributed by atoms with Crippen LogP contribution in [-0.2, 0) is 24.4 Å². The van der Waals surface area contributed by atoms with E-state index in [-0.39, 0.29) is 19.1 Å². The lowest BCUT2D eigenvalue weighted by molar-refractivity contribution is -0.121. The number of carbonyl (C=O) groups is 1. The number of hydrogen-bond donors (Lipinski definition) is 2. The number of aliphatic hydroxyl groups excluding tert-OH is 1. The first kappa shape index (κ1) is 14.6. The van der Waals surface area contributed by atoms with Gasteiger partial charge >= 0.3 is 0 Å². The Morgan fingerprint density at radius 3 is 2.78 bits per heavy atom. The van der Waals surface area contributed by atoms with Gasteiger partial charge in [-0.25, -0.2) is 4.68 Å². The highest BCUT2D eigenvalue weighted by molar-refractivity contribution is 5.75. The molecule has 6 heteroatoms. The Kier molecular flexibility index (Phi) is 6.35. The Balaban J connectivity index is 2.68. The monoisotopic (exact) mass is 254 g/mol. The van der Waals surface area contributed by atoms with E-state index in [0.29, 0.717) is 12.2 Å². The number of nitrogens with zero attached hydrogens (tertiary/aromatic N) is 3. The second-order valence-corrected chi connectivity index (χ2v) is 4.25. The first-order valence-electron chi connectivity index (χ1n) is 6.51. The van der Waals surface area contributed by atoms with Crippen LogP contribution in [0.2, 0.25) is 0 Å². The van der Waals surface area contributed by atoms with Crippen molar-refractivity contribution in [1.82, 2.24) is 20.3 Å². The summed E-state index contributed by atoms with van der Waals surface area (Å²) in [7, 11) is 0. The number of nitrogens with one attached hydrogen (secondary N) is 1. The van der Waals surface area contributed by atoms with E-state index >= 15 is 0 Å². The quantitative estimate of drug-likeness (QED) is 0.713. The summed E-state index contributed by atoms with van der Waals surface area (Å²) in [6.07, 6.45) is 3.75. The third-order valence-corrected chi connectivity index (χ3v) is 2.70. The van der Waals surface area contributed by atoms with Gasteiger partial charge in [-0.15, -0.1) is 5.10 Å². The van der Waals surface area contributed by atoms with Crippen molar-refractivity contribution in [3.8, 4) is 0 Å². The van der Waals surface area contributed by atoms with Crippen LogP contribution < -0.4 is 5.32 Å². The van der Waals surface area contributed by atoms with Gasteiger partial charge in [0.05, 0.1) is 12.3 Å². The Morgan fingerprint density at radius 2 is 2.17 bits per heavy atom. The van der Waals surface area contributed by atoms with Gasteiger partial charge in [-0.1, -0.05) is 25.5 Å². The molecule has 0 spiro atoms. The second kappa shape index (κ2) is 7.81. The molecular formula is C12H22N4O2. The number of aliphatic hydroxyl groups is 1. The van der Waals surface area contributed by atoms with Gasteiger partial charge in [0, 0.05) is 6.54 Å². The molecule has 0 fully saturated rings. The van der Waals surface area contributed by atoms with Crippen molar-refractivity contribution in [2.24, 2.45) is 0 Å². The third kappa shape index (κ3) is 4.10. The number of unbranched alkanes of at least 4 members (excludes halogenated alkanes) is 1. The van der Waals surface area contributed by atoms with Crippen LogP contribution in [-0.4, -0.2) is 32.6 Å². The highest BCUT2D eigenvalue weighted by Crippen LogP contribution is 2.09. The van der Waals surface area contributed by atoms with Crippen LogP contribution in [0.4, 0.5) is 0 Å². The average molecular weight is 254 g/mol. The lowest BCUT2D eigenvalue weighted by Gasteiger charge is -2.07. The number of carbonyl (C=O) groups excluding carboxylic acids is 1. The predicted octanol–water partition coefficient (Wildman–Crippen LogP) is 0.639. The zero-order valence-electron chi connectivity index (χ0n) is 11.1. The molecule has 0 unspecified atom stereocenters. The maximum absolute atomic E-state index is 11.6. The largest absolute Gasteiger partial charge is 0.390 e. The van der Waals surface area contributed by atoms with Crippen molar-refractivity contribution < 1.29 is 9.90 Å². The number of rotatable bonds is 8. The highest BCUT2D eigenvalue weighted by Gasteiger charge is 2.13. The molecule has 0 saturated carbocycles. The number of aromatic nitrogens is 3. The van der Waals surface area contributed by atoms with E-state index < -0.39 is 0 Å². The zero-order valence-corrected chi connectivity index (χ0v) is 11.1. The molecule has 0 saturated heterocycles. The predicted molar refractivity (Wildman–Crippen MR) is 67.9 cm³/mol. The van der Waals surface area contributed by atoms with E-state index in [2.05, 4.69) is 22.6 Å². The normalized spacial score (nSPS) is 10.6. The van der Waals surface area contributed by atoms with Crippen molar-refractivity contribution in [3.63, 3.8) is 0 Å². The zero-order chi connectivity index (χ0) is 13.4. The molecule has 0 aliphatic heterocycles. The molecular weight excluding hydrogens is 232 g/mol. The molecule has 1 aromatic heterocycles. The van der Waals surface area contributed by atoms with Gasteiger partial charge in [0.2, 0.25) is 5.91 Å². The highest BCUT2D eigenvalue weighted by atomic mass is 16.3. The topological polar surface area (TPSA) is 80.0 Å². The molecule has 0 bridgehead atoms. The molecule has 6 nitrogen and oxygen atoms in total. The van der Waals surface area contributed by atoms with E-state index in [1.807, 2.05) is 6.92 Å². The van der Waals surface area contributed by atoms with E-state index in [9.17, 15) is 9.90 Å². The van der Waals surface area contributed by atoms with Crippen molar-refractivity contribution in [2.45, 2.75) is 52.7 Å². The molecule has 0 atom stereocenters. The molecule has 1 amide bonds. The molecule has 1 rings (SSSR count). The average Bonchev–Trinajstić information content (AvgIpc) is 2.76. The molecule has 1 heterocycles. The van der Waals surface area contributed by atoms with Crippen LogP contribution in [0.3, 0.4) is 0 Å². The van der Waals surface area contributed by atoms with Crippen LogP contribution in [0.5, 0.6) is 0 Å². The number of amides is 1. The minimum absolute atomic E-state index is 0.0658. The summed E-state index contributed by atoms with van der Waals surface area (Å²) < 4.78 is 1.59. The molecule has 18 heavy (non-hydrogen) atoms. The van der Waals surface area contributed by atoms with Crippen molar-refractivity contribution in [1.29, 1.82) is 0 Å². The fourth-order valence-corrected chi connectivity index (χ4v) is 1.69. The maximum Gasteiger partial charge on any atom is 0.241 e. The van der Waals surface area contributed by atoms with Gasteiger partial charge in [0.15, 0.2) is 0 Å². The molecule has 2 N–H and O–H groups in total. The van der Waals surface area contributed by atoms with E-state index in [1.54, 1.807) is 4.68 Å². The summed E-state index contributed by atoms with van der Waals surface area (Å²) in [5, 5.41) is 19.8. The van der Waals surface area contributed by atoms with Crippen LogP contribution >= 0.6 is 0 Å². The van der Waals surface area contributed by atoms with Gasteiger partial charge in [0.25, 0.3) is 0 Å². The Morgan fingerprint density at radius 1 is 1.39 bits per heavy atom. The van der Waals surface area contributed by atoms with Crippen molar-refractivity contribution >= 4 is 5.91 Å². The second-order valence-electron chi connectivity index (χ2n) is 4.25. The molecule has 0 aliphatic carbocycles. The molecule has 0 aliphatic rings. The molecule has 0 aromatic carbocycles. The van der Waals surface area contributed by atoms with Crippen molar-refractivity contribution in [3.05, 3.63) is 11.4 Å². The van der Waals surface area contributed by atoms with E-state index in [4.69, 9.17) is 0 Å². The standard InChI is InChI=1S/C12H22N4O2/c1-3-5-6-11-10(9-17)14-15-16(11)8-12(18)13-7-4-2/h17H,3-9H2,1-2H3,(H,13,18). The fraction of sp³-hybridized carbons (Fsp3) is 0.750.